The van der Waals surface area contributed by atoms with Gasteiger partial charge in [0.25, 0.3) is 0 Å². The monoisotopic (exact) mass is 404 g/mol. The Kier molecular flexibility index (Phi) is 7.05. The first-order chi connectivity index (χ1) is 12.0. The average Bonchev–Trinajstić information content (AvgIpc) is 2.84. The summed E-state index contributed by atoms with van der Waals surface area (Å²) in [5.74, 6) is 1.91. The Morgan fingerprint density at radius 2 is 1.88 bits per heavy atom. The Morgan fingerprint density at radius 1 is 1.16 bits per heavy atom. The van der Waals surface area contributed by atoms with E-state index in [2.05, 4.69) is 4.90 Å². The van der Waals surface area contributed by atoms with Gasteiger partial charge in [-0.3, -0.25) is 4.90 Å². The molecular formula is C17H25ClN2O3S2. The molecule has 0 spiro atoms. The predicted molar refractivity (Wildman–Crippen MR) is 104 cm³/mol. The Balaban J connectivity index is 1.73. The summed E-state index contributed by atoms with van der Waals surface area (Å²) < 4.78 is 33.3. The molecule has 3 rings (SSSR count). The summed E-state index contributed by atoms with van der Waals surface area (Å²) in [5.41, 5.74) is 0.784. The number of ether oxygens (including phenoxy) is 1. The second kappa shape index (κ2) is 9.06. The van der Waals surface area contributed by atoms with Crippen molar-refractivity contribution < 1.29 is 13.2 Å². The summed E-state index contributed by atoms with van der Waals surface area (Å²) >= 11 is 7.77. The van der Waals surface area contributed by atoms with Crippen LogP contribution in [-0.2, 0) is 20.5 Å². The highest BCUT2D eigenvalue weighted by molar-refractivity contribution is 7.99. The van der Waals surface area contributed by atoms with E-state index in [1.54, 1.807) is 28.6 Å². The van der Waals surface area contributed by atoms with Crippen molar-refractivity contribution in [1.82, 2.24) is 9.21 Å². The third-order valence-corrected chi connectivity index (χ3v) is 7.92. The minimum Gasteiger partial charge on any atom is -0.379 e. The molecule has 0 amide bonds. The van der Waals surface area contributed by atoms with Gasteiger partial charge in [0.2, 0.25) is 10.0 Å². The number of nitrogens with zero attached hydrogens (tertiary/aromatic N) is 2. The maximum atomic E-state index is 13.1. The second-order valence-electron chi connectivity index (χ2n) is 6.49. The van der Waals surface area contributed by atoms with Gasteiger partial charge in [0.05, 0.1) is 19.0 Å². The lowest BCUT2D eigenvalue weighted by atomic mass is 10.2. The lowest BCUT2D eigenvalue weighted by Gasteiger charge is -2.35. The molecule has 0 N–H and O–H groups in total. The highest BCUT2D eigenvalue weighted by Crippen LogP contribution is 2.23. The van der Waals surface area contributed by atoms with Gasteiger partial charge in [-0.15, -0.1) is 0 Å². The fourth-order valence-electron chi connectivity index (χ4n) is 3.27. The fourth-order valence-corrected chi connectivity index (χ4v) is 6.33. The summed E-state index contributed by atoms with van der Waals surface area (Å²) in [5, 5.41) is 0.623. The minimum atomic E-state index is -3.35. The molecule has 140 valence electrons. The van der Waals surface area contributed by atoms with Crippen molar-refractivity contribution in [2.24, 2.45) is 0 Å². The number of thioether (sulfide) groups is 1. The van der Waals surface area contributed by atoms with Crippen LogP contribution in [-0.4, -0.2) is 74.6 Å². The van der Waals surface area contributed by atoms with Gasteiger partial charge < -0.3 is 4.74 Å². The topological polar surface area (TPSA) is 49.9 Å². The molecular weight excluding hydrogens is 380 g/mol. The first kappa shape index (κ1) is 19.5. The number of halogens is 1. The molecule has 2 aliphatic heterocycles. The Morgan fingerprint density at radius 3 is 2.60 bits per heavy atom. The van der Waals surface area contributed by atoms with Crippen molar-refractivity contribution in [3.63, 3.8) is 0 Å². The first-order valence-electron chi connectivity index (χ1n) is 8.66. The van der Waals surface area contributed by atoms with Crippen LogP contribution < -0.4 is 0 Å². The third kappa shape index (κ3) is 5.58. The van der Waals surface area contributed by atoms with Crippen LogP contribution >= 0.6 is 23.4 Å². The van der Waals surface area contributed by atoms with Crippen molar-refractivity contribution in [2.75, 3.05) is 50.9 Å². The van der Waals surface area contributed by atoms with Gasteiger partial charge in [-0.1, -0.05) is 23.7 Å². The maximum absolute atomic E-state index is 13.1. The molecule has 1 atom stereocenters. The van der Waals surface area contributed by atoms with Crippen LogP contribution in [0, 0.1) is 0 Å². The highest BCUT2D eigenvalue weighted by atomic mass is 35.5. The van der Waals surface area contributed by atoms with Crippen LogP contribution in [0.5, 0.6) is 0 Å². The fraction of sp³-hybridized carbons (Fsp3) is 0.647. The van der Waals surface area contributed by atoms with Gasteiger partial charge in [-0.05, 0) is 29.9 Å². The largest absolute Gasteiger partial charge is 0.379 e. The summed E-state index contributed by atoms with van der Waals surface area (Å²) in [6.07, 6.45) is 0.907. The maximum Gasteiger partial charge on any atom is 0.218 e. The quantitative estimate of drug-likeness (QED) is 0.753. The van der Waals surface area contributed by atoms with Crippen LogP contribution in [0.3, 0.4) is 0 Å². The zero-order valence-corrected chi connectivity index (χ0v) is 16.7. The number of benzene rings is 1. The van der Waals surface area contributed by atoms with Crippen LogP contribution in [0.25, 0.3) is 0 Å². The number of sulfonamides is 1. The molecule has 2 aliphatic rings. The third-order valence-electron chi connectivity index (χ3n) is 4.58. The van der Waals surface area contributed by atoms with E-state index in [9.17, 15) is 8.42 Å². The molecule has 0 aromatic heterocycles. The van der Waals surface area contributed by atoms with Gasteiger partial charge >= 0.3 is 0 Å². The van der Waals surface area contributed by atoms with Gasteiger partial charge in [0.15, 0.2) is 0 Å². The van der Waals surface area contributed by atoms with Crippen LogP contribution in [0.15, 0.2) is 24.3 Å². The number of hydrogen-bond acceptors (Lipinski definition) is 5. The van der Waals surface area contributed by atoms with Gasteiger partial charge in [0, 0.05) is 43.0 Å². The number of hydrogen-bond donors (Lipinski definition) is 0. The van der Waals surface area contributed by atoms with Crippen LogP contribution in [0.1, 0.15) is 12.0 Å². The zero-order chi connectivity index (χ0) is 17.7. The zero-order valence-electron chi connectivity index (χ0n) is 14.3. The molecule has 1 unspecified atom stereocenters. The molecule has 5 nitrogen and oxygen atoms in total. The molecule has 0 bridgehead atoms. The number of rotatable bonds is 5. The molecule has 0 radical (unpaired) electrons. The number of morpholine rings is 1. The highest BCUT2D eigenvalue weighted by Gasteiger charge is 2.32. The molecule has 0 aliphatic carbocycles. The normalized spacial score (nSPS) is 24.1. The standard InChI is InChI=1S/C17H25ClN2O3S2/c18-16-4-2-15(3-5-16)14-25(21,22)20-6-1-11-24-13-17(20)12-19-7-9-23-10-8-19/h2-5,17H,1,6-14H2. The molecule has 1 aromatic carbocycles. The van der Waals surface area contributed by atoms with Crippen molar-refractivity contribution in [3.05, 3.63) is 34.9 Å². The summed E-state index contributed by atoms with van der Waals surface area (Å²) in [7, 11) is -3.35. The lowest BCUT2D eigenvalue weighted by Crippen LogP contribution is -2.50. The van der Waals surface area contributed by atoms with Crippen molar-refractivity contribution in [3.8, 4) is 0 Å². The lowest BCUT2D eigenvalue weighted by molar-refractivity contribution is 0.0309. The van der Waals surface area contributed by atoms with Crippen molar-refractivity contribution in [2.45, 2.75) is 18.2 Å². The molecule has 2 heterocycles. The smallest absolute Gasteiger partial charge is 0.218 e. The van der Waals surface area contributed by atoms with Crippen LogP contribution in [0.2, 0.25) is 5.02 Å². The molecule has 0 saturated carbocycles. The SMILES string of the molecule is O=S(=O)(Cc1ccc(Cl)cc1)N1CCCSCC1CN1CCOCC1. The summed E-state index contributed by atoms with van der Waals surface area (Å²) in [4.78, 5) is 2.32. The van der Waals surface area contributed by atoms with Gasteiger partial charge in [0.1, 0.15) is 0 Å². The Hall–Kier alpha value is -0.310. The second-order valence-corrected chi connectivity index (χ2v) is 10.00. The van der Waals surface area contributed by atoms with E-state index in [1.165, 1.54) is 0 Å². The van der Waals surface area contributed by atoms with E-state index in [0.717, 1.165) is 56.3 Å². The Bertz CT molecular complexity index is 648. The summed E-state index contributed by atoms with van der Waals surface area (Å²) in [6.45, 7) is 4.63. The van der Waals surface area contributed by atoms with Gasteiger partial charge in [-0.2, -0.15) is 16.1 Å². The minimum absolute atomic E-state index is 0.0305. The molecule has 2 fully saturated rings. The molecule has 2 saturated heterocycles. The Labute approximate surface area is 159 Å². The first-order valence-corrected chi connectivity index (χ1v) is 11.8. The van der Waals surface area contributed by atoms with Gasteiger partial charge in [-0.25, -0.2) is 8.42 Å². The van der Waals surface area contributed by atoms with E-state index in [-0.39, 0.29) is 11.8 Å². The van der Waals surface area contributed by atoms with Crippen molar-refractivity contribution in [1.29, 1.82) is 0 Å². The molecule has 25 heavy (non-hydrogen) atoms. The van der Waals surface area contributed by atoms with E-state index in [4.69, 9.17) is 16.3 Å². The summed E-state index contributed by atoms with van der Waals surface area (Å²) in [6, 6.07) is 7.11. The average molecular weight is 405 g/mol. The van der Waals surface area contributed by atoms with E-state index in [0.29, 0.717) is 11.6 Å². The van der Waals surface area contributed by atoms with Crippen molar-refractivity contribution >= 4 is 33.4 Å². The van der Waals surface area contributed by atoms with Crippen LogP contribution in [0.4, 0.5) is 0 Å². The van der Waals surface area contributed by atoms with E-state index >= 15 is 0 Å². The van der Waals surface area contributed by atoms with E-state index < -0.39 is 10.0 Å². The van der Waals surface area contributed by atoms with E-state index in [1.807, 2.05) is 11.8 Å². The predicted octanol–water partition coefficient (Wildman–Crippen LogP) is 2.31. The molecule has 8 heteroatoms. The molecule has 1 aromatic rings.